The topological polar surface area (TPSA) is 38.3 Å². The van der Waals surface area contributed by atoms with E-state index in [1.54, 1.807) is 6.07 Å². The van der Waals surface area contributed by atoms with Gasteiger partial charge in [-0.15, -0.1) is 0 Å². The fourth-order valence-electron chi connectivity index (χ4n) is 1.68. The zero-order valence-electron chi connectivity index (χ0n) is 11.2. The molecule has 0 heterocycles. The molecule has 116 valence electrons. The van der Waals surface area contributed by atoms with Crippen LogP contribution in [0.1, 0.15) is 5.56 Å². The monoisotopic (exact) mass is 373 g/mol. The molecule has 0 fully saturated rings. The minimum Gasteiger partial charge on any atom is -0.486 e. The van der Waals surface area contributed by atoms with Gasteiger partial charge in [0.05, 0.1) is 10.2 Å². The summed E-state index contributed by atoms with van der Waals surface area (Å²) in [5, 5.41) is 1.81. The molecule has 0 spiro atoms. The number of nitrogens with one attached hydrogen (secondary N) is 1. The van der Waals surface area contributed by atoms with Crippen molar-refractivity contribution in [3.63, 3.8) is 0 Å². The molecule has 0 saturated heterocycles. The minimum atomic E-state index is -4.96. The number of anilines is 1. The molecular formula is C15H11BrF3NO2. The van der Waals surface area contributed by atoms with Crippen molar-refractivity contribution in [1.29, 1.82) is 0 Å². The first-order valence-corrected chi connectivity index (χ1v) is 7.00. The molecular weight excluding hydrogens is 363 g/mol. The first kappa shape index (κ1) is 16.4. The van der Waals surface area contributed by atoms with Gasteiger partial charge in [-0.1, -0.05) is 36.4 Å². The molecule has 1 amide bonds. The van der Waals surface area contributed by atoms with E-state index >= 15 is 0 Å². The second kappa shape index (κ2) is 6.83. The fraction of sp³-hybridized carbons (Fsp3) is 0.133. The van der Waals surface area contributed by atoms with Crippen molar-refractivity contribution in [2.75, 3.05) is 5.32 Å². The highest BCUT2D eigenvalue weighted by molar-refractivity contribution is 9.10. The van der Waals surface area contributed by atoms with Crippen molar-refractivity contribution in [1.82, 2.24) is 0 Å². The Hall–Kier alpha value is -2.02. The molecule has 0 aromatic heterocycles. The predicted molar refractivity (Wildman–Crippen MR) is 79.6 cm³/mol. The van der Waals surface area contributed by atoms with E-state index in [1.165, 1.54) is 12.1 Å². The quantitative estimate of drug-likeness (QED) is 0.854. The molecule has 0 aliphatic heterocycles. The first-order valence-electron chi connectivity index (χ1n) is 6.21. The van der Waals surface area contributed by atoms with Gasteiger partial charge in [0.2, 0.25) is 0 Å². The molecule has 0 saturated carbocycles. The molecule has 0 bridgehead atoms. The van der Waals surface area contributed by atoms with Crippen molar-refractivity contribution in [2.24, 2.45) is 0 Å². The van der Waals surface area contributed by atoms with Crippen molar-refractivity contribution in [2.45, 2.75) is 12.8 Å². The number of rotatable bonds is 4. The number of carbonyl (C=O) groups is 1. The van der Waals surface area contributed by atoms with E-state index in [0.717, 1.165) is 5.56 Å². The summed E-state index contributed by atoms with van der Waals surface area (Å²) in [6.45, 7) is 0.165. The van der Waals surface area contributed by atoms with Gasteiger partial charge in [0, 0.05) is 0 Å². The van der Waals surface area contributed by atoms with E-state index in [2.05, 4.69) is 15.9 Å². The maximum Gasteiger partial charge on any atom is 0.471 e. The van der Waals surface area contributed by atoms with Crippen LogP contribution in [-0.4, -0.2) is 12.1 Å². The SMILES string of the molecule is O=C(Nc1cccc(Br)c1OCc1ccccc1)C(F)(F)F. The maximum atomic E-state index is 12.4. The van der Waals surface area contributed by atoms with Gasteiger partial charge in [-0.25, -0.2) is 0 Å². The molecule has 7 heteroatoms. The number of halogens is 4. The molecule has 0 atom stereocenters. The Labute approximate surface area is 133 Å². The van der Waals surface area contributed by atoms with Crippen LogP contribution in [0.15, 0.2) is 53.0 Å². The third kappa shape index (κ3) is 4.24. The van der Waals surface area contributed by atoms with E-state index in [9.17, 15) is 18.0 Å². The lowest BCUT2D eigenvalue weighted by molar-refractivity contribution is -0.167. The van der Waals surface area contributed by atoms with Crippen LogP contribution in [0.5, 0.6) is 5.75 Å². The molecule has 0 unspecified atom stereocenters. The number of hydrogen-bond acceptors (Lipinski definition) is 2. The Morgan fingerprint density at radius 3 is 2.41 bits per heavy atom. The maximum absolute atomic E-state index is 12.4. The molecule has 1 N–H and O–H groups in total. The Bertz CT molecular complexity index is 660. The summed E-state index contributed by atoms with van der Waals surface area (Å²) < 4.78 is 43.0. The number of para-hydroxylation sites is 1. The predicted octanol–water partition coefficient (Wildman–Crippen LogP) is 4.53. The van der Waals surface area contributed by atoms with Gasteiger partial charge in [0.1, 0.15) is 6.61 Å². The summed E-state index contributed by atoms with van der Waals surface area (Å²) in [4.78, 5) is 11.1. The summed E-state index contributed by atoms with van der Waals surface area (Å²) in [6.07, 6.45) is -4.96. The van der Waals surface area contributed by atoms with Crippen LogP contribution in [0.25, 0.3) is 0 Å². The Balaban J connectivity index is 2.18. The van der Waals surface area contributed by atoms with Crippen LogP contribution >= 0.6 is 15.9 Å². The van der Waals surface area contributed by atoms with Crippen LogP contribution in [0.2, 0.25) is 0 Å². The number of benzene rings is 2. The van der Waals surface area contributed by atoms with Crippen LogP contribution < -0.4 is 10.1 Å². The first-order chi connectivity index (χ1) is 10.4. The Morgan fingerprint density at radius 1 is 1.09 bits per heavy atom. The number of alkyl halides is 3. The van der Waals surface area contributed by atoms with E-state index < -0.39 is 12.1 Å². The summed E-state index contributed by atoms with van der Waals surface area (Å²) >= 11 is 3.20. The second-order valence-corrected chi connectivity index (χ2v) is 5.20. The zero-order valence-corrected chi connectivity index (χ0v) is 12.7. The molecule has 0 radical (unpaired) electrons. The van der Waals surface area contributed by atoms with Crippen LogP contribution in [0, 0.1) is 0 Å². The van der Waals surface area contributed by atoms with Gasteiger partial charge in [-0.2, -0.15) is 13.2 Å². The number of hydrogen-bond donors (Lipinski definition) is 1. The Morgan fingerprint density at radius 2 is 1.77 bits per heavy atom. The summed E-state index contributed by atoms with van der Waals surface area (Å²) in [5.41, 5.74) is 0.805. The van der Waals surface area contributed by atoms with Crippen molar-refractivity contribution >= 4 is 27.5 Å². The highest BCUT2D eigenvalue weighted by atomic mass is 79.9. The highest BCUT2D eigenvalue weighted by Gasteiger charge is 2.39. The average molecular weight is 374 g/mol. The summed E-state index contributed by atoms with van der Waals surface area (Å²) in [5.74, 6) is -1.90. The molecule has 2 rings (SSSR count). The van der Waals surface area contributed by atoms with Crippen molar-refractivity contribution in [3.05, 3.63) is 58.6 Å². The molecule has 0 aliphatic rings. The number of amides is 1. The highest BCUT2D eigenvalue weighted by Crippen LogP contribution is 2.34. The minimum absolute atomic E-state index is 0.0485. The fourth-order valence-corrected chi connectivity index (χ4v) is 2.16. The lowest BCUT2D eigenvalue weighted by Gasteiger charge is -2.15. The van der Waals surface area contributed by atoms with Crippen LogP contribution in [0.4, 0.5) is 18.9 Å². The molecule has 22 heavy (non-hydrogen) atoms. The van der Waals surface area contributed by atoms with Gasteiger partial charge >= 0.3 is 12.1 Å². The average Bonchev–Trinajstić information content (AvgIpc) is 2.46. The second-order valence-electron chi connectivity index (χ2n) is 4.34. The van der Waals surface area contributed by atoms with Gasteiger partial charge in [-0.3, -0.25) is 4.79 Å². The van der Waals surface area contributed by atoms with Gasteiger partial charge in [0.15, 0.2) is 5.75 Å². The lowest BCUT2D eigenvalue weighted by Crippen LogP contribution is -2.30. The number of ether oxygens (including phenoxy) is 1. The zero-order chi connectivity index (χ0) is 16.2. The van der Waals surface area contributed by atoms with E-state index in [1.807, 2.05) is 35.6 Å². The standard InChI is InChI=1S/C15H11BrF3NO2/c16-11-7-4-8-12(20-14(21)15(17,18)19)13(11)22-9-10-5-2-1-3-6-10/h1-8H,9H2,(H,20,21). The largest absolute Gasteiger partial charge is 0.486 e. The smallest absolute Gasteiger partial charge is 0.471 e. The van der Waals surface area contributed by atoms with Crippen LogP contribution in [-0.2, 0) is 11.4 Å². The summed E-state index contributed by atoms with van der Waals surface area (Å²) in [6, 6.07) is 13.6. The number of carbonyl (C=O) groups excluding carboxylic acids is 1. The van der Waals surface area contributed by atoms with Crippen molar-refractivity contribution in [3.8, 4) is 5.75 Å². The molecule has 3 nitrogen and oxygen atoms in total. The molecule has 2 aromatic carbocycles. The lowest BCUT2D eigenvalue weighted by atomic mass is 10.2. The third-order valence-corrected chi connectivity index (χ3v) is 3.32. The van der Waals surface area contributed by atoms with E-state index in [0.29, 0.717) is 4.47 Å². The van der Waals surface area contributed by atoms with Gasteiger partial charge in [-0.05, 0) is 33.6 Å². The van der Waals surface area contributed by atoms with Gasteiger partial charge < -0.3 is 10.1 Å². The molecule has 2 aromatic rings. The third-order valence-electron chi connectivity index (χ3n) is 2.70. The summed E-state index contributed by atoms with van der Waals surface area (Å²) in [7, 11) is 0. The van der Waals surface area contributed by atoms with E-state index in [-0.39, 0.29) is 18.0 Å². The normalized spacial score (nSPS) is 11.1. The van der Waals surface area contributed by atoms with Gasteiger partial charge in [0.25, 0.3) is 0 Å². The molecule has 0 aliphatic carbocycles. The van der Waals surface area contributed by atoms with Crippen LogP contribution in [0.3, 0.4) is 0 Å². The van der Waals surface area contributed by atoms with E-state index in [4.69, 9.17) is 4.74 Å². The van der Waals surface area contributed by atoms with Crippen molar-refractivity contribution < 1.29 is 22.7 Å². The Kier molecular flexibility index (Phi) is 5.07.